The third-order valence-corrected chi connectivity index (χ3v) is 4.12. The van der Waals surface area contributed by atoms with Crippen molar-refractivity contribution in [2.45, 2.75) is 33.2 Å². The van der Waals surface area contributed by atoms with Gasteiger partial charge in [-0.05, 0) is 47.9 Å². The van der Waals surface area contributed by atoms with Gasteiger partial charge in [-0.3, -0.25) is 9.97 Å². The molecule has 0 atom stereocenters. The number of aromatic nitrogens is 3. The SMILES string of the molecule is CCCC[n+]1ccc(/C=C/c2ccnc(-c3cc(C)ccn3)c2)cc1. The van der Waals surface area contributed by atoms with Crippen LogP contribution in [-0.2, 0) is 6.54 Å². The van der Waals surface area contributed by atoms with Crippen LogP contribution < -0.4 is 4.57 Å². The Kier molecular flexibility index (Phi) is 5.68. The van der Waals surface area contributed by atoms with Gasteiger partial charge in [0.25, 0.3) is 0 Å². The van der Waals surface area contributed by atoms with Crippen LogP contribution in [0.4, 0.5) is 0 Å². The Labute approximate surface area is 149 Å². The van der Waals surface area contributed by atoms with Crippen molar-refractivity contribution in [3.63, 3.8) is 0 Å². The van der Waals surface area contributed by atoms with Gasteiger partial charge in [-0.1, -0.05) is 25.5 Å². The molecule has 25 heavy (non-hydrogen) atoms. The molecule has 0 unspecified atom stereocenters. The normalized spacial score (nSPS) is 11.1. The molecule has 3 nitrogen and oxygen atoms in total. The van der Waals surface area contributed by atoms with E-state index < -0.39 is 0 Å². The molecule has 3 heteroatoms. The average molecular weight is 330 g/mol. The Hall–Kier alpha value is -2.81. The lowest BCUT2D eigenvalue weighted by Gasteiger charge is -2.02. The number of aryl methyl sites for hydroxylation is 2. The van der Waals surface area contributed by atoms with Gasteiger partial charge in [0.1, 0.15) is 6.54 Å². The molecule has 0 aliphatic carbocycles. The predicted molar refractivity (Wildman–Crippen MR) is 103 cm³/mol. The Morgan fingerprint density at radius 1 is 0.880 bits per heavy atom. The van der Waals surface area contributed by atoms with Crippen molar-refractivity contribution in [2.24, 2.45) is 0 Å². The minimum absolute atomic E-state index is 0.899. The molecule has 126 valence electrons. The van der Waals surface area contributed by atoms with Crippen LogP contribution in [0.1, 0.15) is 36.5 Å². The number of nitrogens with zero attached hydrogens (tertiary/aromatic N) is 3. The fourth-order valence-electron chi connectivity index (χ4n) is 2.63. The Morgan fingerprint density at radius 3 is 2.28 bits per heavy atom. The molecule has 0 amide bonds. The zero-order chi connectivity index (χ0) is 17.5. The first-order chi connectivity index (χ1) is 12.2. The molecule has 0 aliphatic rings. The molecule has 0 bridgehead atoms. The van der Waals surface area contributed by atoms with E-state index in [0.29, 0.717) is 0 Å². The molecule has 3 rings (SSSR count). The van der Waals surface area contributed by atoms with Gasteiger partial charge in [0.05, 0.1) is 11.4 Å². The monoisotopic (exact) mass is 330 g/mol. The molecule has 0 aromatic carbocycles. The molecule has 3 aromatic heterocycles. The number of hydrogen-bond acceptors (Lipinski definition) is 2. The van der Waals surface area contributed by atoms with Gasteiger partial charge in [-0.15, -0.1) is 0 Å². The van der Waals surface area contributed by atoms with Crippen molar-refractivity contribution in [1.82, 2.24) is 9.97 Å². The van der Waals surface area contributed by atoms with Gasteiger partial charge in [-0.2, -0.15) is 0 Å². The van der Waals surface area contributed by atoms with Crippen LogP contribution in [0.3, 0.4) is 0 Å². The molecule has 0 saturated carbocycles. The van der Waals surface area contributed by atoms with Crippen LogP contribution in [0.2, 0.25) is 0 Å². The van der Waals surface area contributed by atoms with E-state index in [1.54, 1.807) is 0 Å². The number of hydrogen-bond donors (Lipinski definition) is 0. The highest BCUT2D eigenvalue weighted by molar-refractivity contribution is 5.71. The second kappa shape index (κ2) is 8.34. The van der Waals surface area contributed by atoms with Gasteiger partial charge in [-0.25, -0.2) is 4.57 Å². The molecule has 0 spiro atoms. The van der Waals surface area contributed by atoms with Crippen LogP contribution in [-0.4, -0.2) is 9.97 Å². The second-order valence-corrected chi connectivity index (χ2v) is 6.25. The fraction of sp³-hybridized carbons (Fsp3) is 0.227. The zero-order valence-corrected chi connectivity index (χ0v) is 14.9. The Morgan fingerprint density at radius 2 is 1.56 bits per heavy atom. The van der Waals surface area contributed by atoms with Gasteiger partial charge in [0.15, 0.2) is 12.4 Å². The summed E-state index contributed by atoms with van der Waals surface area (Å²) >= 11 is 0. The Balaban J connectivity index is 1.74. The zero-order valence-electron chi connectivity index (χ0n) is 14.9. The van der Waals surface area contributed by atoms with Crippen molar-refractivity contribution in [3.8, 4) is 11.4 Å². The lowest BCUT2D eigenvalue weighted by molar-refractivity contribution is -0.697. The van der Waals surface area contributed by atoms with Crippen LogP contribution in [0.5, 0.6) is 0 Å². The van der Waals surface area contributed by atoms with Gasteiger partial charge in [0, 0.05) is 30.9 Å². The summed E-state index contributed by atoms with van der Waals surface area (Å²) in [6.45, 7) is 5.36. The maximum atomic E-state index is 4.45. The summed E-state index contributed by atoms with van der Waals surface area (Å²) in [7, 11) is 0. The van der Waals surface area contributed by atoms with E-state index in [0.717, 1.165) is 23.5 Å². The van der Waals surface area contributed by atoms with Crippen LogP contribution in [0.25, 0.3) is 23.5 Å². The van der Waals surface area contributed by atoms with Crippen LogP contribution in [0, 0.1) is 6.92 Å². The van der Waals surface area contributed by atoms with E-state index in [1.807, 2.05) is 24.5 Å². The number of unbranched alkanes of at least 4 members (excludes halogenated alkanes) is 1. The molecule has 0 N–H and O–H groups in total. The van der Waals surface area contributed by atoms with E-state index in [9.17, 15) is 0 Å². The van der Waals surface area contributed by atoms with Gasteiger partial charge in [0.2, 0.25) is 0 Å². The lowest BCUT2D eigenvalue weighted by Crippen LogP contribution is -2.32. The number of pyridine rings is 3. The highest BCUT2D eigenvalue weighted by Gasteiger charge is 2.02. The van der Waals surface area contributed by atoms with Crippen molar-refractivity contribution >= 4 is 12.2 Å². The van der Waals surface area contributed by atoms with Crippen molar-refractivity contribution in [1.29, 1.82) is 0 Å². The van der Waals surface area contributed by atoms with E-state index in [4.69, 9.17) is 0 Å². The average Bonchev–Trinajstić information content (AvgIpc) is 2.66. The van der Waals surface area contributed by atoms with Gasteiger partial charge >= 0.3 is 0 Å². The molecule has 0 saturated heterocycles. The molecule has 3 aromatic rings. The van der Waals surface area contributed by atoms with Gasteiger partial charge < -0.3 is 0 Å². The van der Waals surface area contributed by atoms with Crippen molar-refractivity contribution < 1.29 is 4.57 Å². The second-order valence-electron chi connectivity index (χ2n) is 6.25. The molecular formula is C22H24N3+. The van der Waals surface area contributed by atoms with Crippen molar-refractivity contribution in [3.05, 3.63) is 77.9 Å². The van der Waals surface area contributed by atoms with E-state index in [1.165, 1.54) is 24.0 Å². The first-order valence-corrected chi connectivity index (χ1v) is 8.81. The summed E-state index contributed by atoms with van der Waals surface area (Å²) in [6.07, 6.45) is 14.6. The van der Waals surface area contributed by atoms with E-state index in [-0.39, 0.29) is 0 Å². The molecule has 0 aliphatic heterocycles. The highest BCUT2D eigenvalue weighted by Crippen LogP contribution is 2.17. The molecular weight excluding hydrogens is 306 g/mol. The summed E-state index contributed by atoms with van der Waals surface area (Å²) in [5.74, 6) is 0. The topological polar surface area (TPSA) is 29.7 Å². The van der Waals surface area contributed by atoms with Crippen molar-refractivity contribution in [2.75, 3.05) is 0 Å². The van der Waals surface area contributed by atoms with E-state index in [2.05, 4.69) is 77.2 Å². The van der Waals surface area contributed by atoms with Crippen LogP contribution in [0.15, 0.2) is 61.2 Å². The first kappa shape index (κ1) is 17.0. The maximum absolute atomic E-state index is 4.45. The molecule has 0 radical (unpaired) electrons. The fourth-order valence-corrected chi connectivity index (χ4v) is 2.63. The number of rotatable bonds is 6. The molecule has 3 heterocycles. The summed E-state index contributed by atoms with van der Waals surface area (Å²) in [4.78, 5) is 8.86. The summed E-state index contributed by atoms with van der Waals surface area (Å²) in [6, 6.07) is 12.4. The molecule has 0 fully saturated rings. The Bertz CT molecular complexity index is 851. The first-order valence-electron chi connectivity index (χ1n) is 8.81. The quantitative estimate of drug-likeness (QED) is 0.613. The minimum atomic E-state index is 0.899. The highest BCUT2D eigenvalue weighted by atomic mass is 14.9. The minimum Gasteiger partial charge on any atom is -0.255 e. The summed E-state index contributed by atoms with van der Waals surface area (Å²) in [5.41, 5.74) is 5.31. The third kappa shape index (κ3) is 4.83. The summed E-state index contributed by atoms with van der Waals surface area (Å²) < 4.78 is 2.23. The van der Waals surface area contributed by atoms with E-state index >= 15 is 0 Å². The maximum Gasteiger partial charge on any atom is 0.169 e. The standard InChI is InChI=1S/C22H24N3/c1-3-4-13-25-14-9-19(10-15-25)5-6-20-8-12-24-22(17-20)21-16-18(2)7-11-23-21/h5-12,14-17H,3-4,13H2,1-2H3/q+1/b6-5+. The lowest BCUT2D eigenvalue weighted by atomic mass is 10.1. The third-order valence-electron chi connectivity index (χ3n) is 4.12. The summed E-state index contributed by atoms with van der Waals surface area (Å²) in [5, 5.41) is 0. The smallest absolute Gasteiger partial charge is 0.169 e. The van der Waals surface area contributed by atoms with Crippen LogP contribution >= 0.6 is 0 Å². The largest absolute Gasteiger partial charge is 0.255 e. The predicted octanol–water partition coefficient (Wildman–Crippen LogP) is 4.71.